The van der Waals surface area contributed by atoms with Crippen LogP contribution in [0.15, 0.2) is 48.5 Å². The third kappa shape index (κ3) is 3.15. The summed E-state index contributed by atoms with van der Waals surface area (Å²) in [4.78, 5) is 12.1. The van der Waals surface area contributed by atoms with Crippen LogP contribution in [0.25, 0.3) is 0 Å². The van der Waals surface area contributed by atoms with Crippen LogP contribution in [-0.4, -0.2) is 12.5 Å². The predicted molar refractivity (Wildman–Crippen MR) is 79.7 cm³/mol. The molecule has 4 nitrogen and oxygen atoms in total. The number of rotatable bonds is 4. The molecule has 1 amide bonds. The van der Waals surface area contributed by atoms with Crippen LogP contribution in [-0.2, 0) is 0 Å². The monoisotopic (exact) mass is 265 g/mol. The zero-order valence-electron chi connectivity index (χ0n) is 11.2. The Labute approximate surface area is 118 Å². The third-order valence-electron chi connectivity index (χ3n) is 2.82. The fourth-order valence-corrected chi connectivity index (χ4v) is 1.83. The molecular formula is C16H15N3O. The number of anilines is 2. The van der Waals surface area contributed by atoms with Gasteiger partial charge in [-0.1, -0.05) is 12.1 Å². The molecular weight excluding hydrogens is 250 g/mol. The summed E-state index contributed by atoms with van der Waals surface area (Å²) < 4.78 is 0. The fourth-order valence-electron chi connectivity index (χ4n) is 1.83. The smallest absolute Gasteiger partial charge is 0.255 e. The lowest BCUT2D eigenvalue weighted by atomic mass is 10.1. The Morgan fingerprint density at radius 1 is 1.15 bits per heavy atom. The minimum Gasteiger partial charge on any atom is -0.385 e. The minimum atomic E-state index is -0.226. The van der Waals surface area contributed by atoms with Crippen LogP contribution in [0, 0.1) is 11.3 Å². The van der Waals surface area contributed by atoms with Crippen molar-refractivity contribution in [2.24, 2.45) is 0 Å². The van der Waals surface area contributed by atoms with E-state index in [1.54, 1.807) is 36.4 Å². The van der Waals surface area contributed by atoms with E-state index in [4.69, 9.17) is 5.26 Å². The Kier molecular flexibility index (Phi) is 4.35. The molecule has 0 radical (unpaired) electrons. The highest BCUT2D eigenvalue weighted by Gasteiger charge is 2.08. The van der Waals surface area contributed by atoms with Gasteiger partial charge >= 0.3 is 0 Å². The van der Waals surface area contributed by atoms with Crippen molar-refractivity contribution < 1.29 is 4.79 Å². The van der Waals surface area contributed by atoms with Crippen LogP contribution in [0.1, 0.15) is 22.8 Å². The average molecular weight is 265 g/mol. The van der Waals surface area contributed by atoms with Crippen LogP contribution >= 0.6 is 0 Å². The van der Waals surface area contributed by atoms with E-state index < -0.39 is 0 Å². The summed E-state index contributed by atoms with van der Waals surface area (Å²) in [6, 6.07) is 16.2. The van der Waals surface area contributed by atoms with Crippen molar-refractivity contribution in [2.45, 2.75) is 6.92 Å². The molecule has 0 heterocycles. The van der Waals surface area contributed by atoms with Crippen molar-refractivity contribution in [3.63, 3.8) is 0 Å². The molecule has 2 rings (SSSR count). The van der Waals surface area contributed by atoms with Gasteiger partial charge in [-0.25, -0.2) is 0 Å². The Hall–Kier alpha value is -2.80. The van der Waals surface area contributed by atoms with Crippen molar-refractivity contribution in [2.75, 3.05) is 17.2 Å². The molecule has 0 aliphatic rings. The molecule has 4 heteroatoms. The molecule has 0 aliphatic heterocycles. The summed E-state index contributed by atoms with van der Waals surface area (Å²) in [5, 5.41) is 14.9. The molecule has 100 valence electrons. The maximum atomic E-state index is 12.1. The standard InChI is InChI=1S/C16H15N3O/c1-2-18-14-9-7-12(8-10-14)16(20)19-15-6-4-3-5-13(15)11-17/h3-10,18H,2H2,1H3,(H,19,20). The highest BCUT2D eigenvalue weighted by atomic mass is 16.1. The first-order chi connectivity index (χ1) is 9.74. The number of carbonyl (C=O) groups is 1. The Morgan fingerprint density at radius 2 is 1.85 bits per heavy atom. The SMILES string of the molecule is CCNc1ccc(C(=O)Nc2ccccc2C#N)cc1. The molecule has 0 saturated carbocycles. The largest absolute Gasteiger partial charge is 0.385 e. The number of hydrogen-bond donors (Lipinski definition) is 2. The number of nitrogens with zero attached hydrogens (tertiary/aromatic N) is 1. The summed E-state index contributed by atoms with van der Waals surface area (Å²) in [5.74, 6) is -0.226. The highest BCUT2D eigenvalue weighted by Crippen LogP contribution is 2.16. The molecule has 0 spiro atoms. The summed E-state index contributed by atoms with van der Waals surface area (Å²) in [6.07, 6.45) is 0. The van der Waals surface area contributed by atoms with E-state index in [2.05, 4.69) is 16.7 Å². The van der Waals surface area contributed by atoms with Gasteiger partial charge in [0.25, 0.3) is 5.91 Å². The number of amides is 1. The molecule has 0 fully saturated rings. The minimum absolute atomic E-state index is 0.226. The van der Waals surface area contributed by atoms with Gasteiger partial charge in [0, 0.05) is 17.8 Å². The van der Waals surface area contributed by atoms with Crippen molar-refractivity contribution in [3.05, 3.63) is 59.7 Å². The van der Waals surface area contributed by atoms with Crippen molar-refractivity contribution in [1.82, 2.24) is 0 Å². The van der Waals surface area contributed by atoms with Gasteiger partial charge in [-0.3, -0.25) is 4.79 Å². The Bertz CT molecular complexity index is 642. The maximum Gasteiger partial charge on any atom is 0.255 e. The van der Waals surface area contributed by atoms with Crippen LogP contribution in [0.4, 0.5) is 11.4 Å². The molecule has 0 aliphatic carbocycles. The topological polar surface area (TPSA) is 64.9 Å². The first kappa shape index (κ1) is 13.6. The third-order valence-corrected chi connectivity index (χ3v) is 2.82. The van der Waals surface area contributed by atoms with Crippen LogP contribution in [0.5, 0.6) is 0 Å². The molecule has 2 aromatic rings. The Morgan fingerprint density at radius 3 is 2.50 bits per heavy atom. The van der Waals surface area contributed by atoms with Gasteiger partial charge in [-0.2, -0.15) is 5.26 Å². The van der Waals surface area contributed by atoms with Gasteiger partial charge < -0.3 is 10.6 Å². The van der Waals surface area contributed by atoms with Crippen LogP contribution in [0.3, 0.4) is 0 Å². The van der Waals surface area contributed by atoms with Gasteiger partial charge in [-0.05, 0) is 43.3 Å². The molecule has 0 atom stereocenters. The second-order valence-electron chi connectivity index (χ2n) is 4.22. The number of benzene rings is 2. The summed E-state index contributed by atoms with van der Waals surface area (Å²) >= 11 is 0. The number of carbonyl (C=O) groups excluding carboxylic acids is 1. The molecule has 0 aromatic heterocycles. The van der Waals surface area contributed by atoms with E-state index in [-0.39, 0.29) is 5.91 Å². The number of nitrogens with one attached hydrogen (secondary N) is 2. The molecule has 20 heavy (non-hydrogen) atoms. The second-order valence-corrected chi connectivity index (χ2v) is 4.22. The summed E-state index contributed by atoms with van der Waals surface area (Å²) in [6.45, 7) is 2.85. The molecule has 0 bridgehead atoms. The number of nitriles is 1. The lowest BCUT2D eigenvalue weighted by Gasteiger charge is -2.08. The van der Waals surface area contributed by atoms with E-state index in [1.807, 2.05) is 19.1 Å². The maximum absolute atomic E-state index is 12.1. The second kappa shape index (κ2) is 6.39. The Balaban J connectivity index is 2.14. The predicted octanol–water partition coefficient (Wildman–Crippen LogP) is 3.24. The highest BCUT2D eigenvalue weighted by molar-refractivity contribution is 6.05. The van der Waals surface area contributed by atoms with Gasteiger partial charge in [0.1, 0.15) is 6.07 Å². The zero-order chi connectivity index (χ0) is 14.4. The lowest BCUT2D eigenvalue weighted by Crippen LogP contribution is -2.12. The van der Waals surface area contributed by atoms with E-state index in [0.717, 1.165) is 12.2 Å². The molecule has 2 aromatic carbocycles. The van der Waals surface area contributed by atoms with E-state index in [1.165, 1.54) is 0 Å². The zero-order valence-corrected chi connectivity index (χ0v) is 11.2. The van der Waals surface area contributed by atoms with Crippen LogP contribution < -0.4 is 10.6 Å². The summed E-state index contributed by atoms with van der Waals surface area (Å²) in [7, 11) is 0. The quantitative estimate of drug-likeness (QED) is 0.891. The molecule has 0 unspecified atom stereocenters. The van der Waals surface area contributed by atoms with Crippen LogP contribution in [0.2, 0.25) is 0 Å². The first-order valence-corrected chi connectivity index (χ1v) is 6.39. The number of hydrogen-bond acceptors (Lipinski definition) is 3. The van der Waals surface area contributed by atoms with Crippen molar-refractivity contribution in [3.8, 4) is 6.07 Å². The van der Waals surface area contributed by atoms with Gasteiger partial charge in [-0.15, -0.1) is 0 Å². The average Bonchev–Trinajstić information content (AvgIpc) is 2.49. The normalized spacial score (nSPS) is 9.60. The van der Waals surface area contributed by atoms with Crippen molar-refractivity contribution >= 4 is 17.3 Å². The van der Waals surface area contributed by atoms with Gasteiger partial charge in [0.2, 0.25) is 0 Å². The van der Waals surface area contributed by atoms with Gasteiger partial charge in [0.05, 0.1) is 11.3 Å². The van der Waals surface area contributed by atoms with E-state index in [9.17, 15) is 4.79 Å². The van der Waals surface area contributed by atoms with Crippen molar-refractivity contribution in [1.29, 1.82) is 5.26 Å². The van der Waals surface area contributed by atoms with Gasteiger partial charge in [0.15, 0.2) is 0 Å². The lowest BCUT2D eigenvalue weighted by molar-refractivity contribution is 0.102. The van der Waals surface area contributed by atoms with E-state index in [0.29, 0.717) is 16.8 Å². The first-order valence-electron chi connectivity index (χ1n) is 6.39. The fraction of sp³-hybridized carbons (Fsp3) is 0.125. The molecule has 0 saturated heterocycles. The summed E-state index contributed by atoms with van der Waals surface area (Å²) in [5.41, 5.74) is 2.50. The number of para-hydroxylation sites is 1. The molecule has 2 N–H and O–H groups in total. The van der Waals surface area contributed by atoms with E-state index >= 15 is 0 Å².